The van der Waals surface area contributed by atoms with Gasteiger partial charge in [0.25, 0.3) is 5.91 Å². The summed E-state index contributed by atoms with van der Waals surface area (Å²) in [5, 5.41) is 7.78. The van der Waals surface area contributed by atoms with E-state index in [1.807, 2.05) is 35.7 Å². The number of pyridine rings is 1. The molecule has 3 aliphatic heterocycles. The molecule has 2 saturated heterocycles. The minimum atomic E-state index is -0.447. The largest absolute Gasteiger partial charge is 0.373 e. The highest BCUT2D eigenvalue weighted by molar-refractivity contribution is 7.14. The van der Waals surface area contributed by atoms with E-state index in [1.54, 1.807) is 6.07 Å². The molecule has 204 valence electrons. The molecule has 3 aliphatic rings. The van der Waals surface area contributed by atoms with Crippen LogP contribution in [-0.4, -0.2) is 66.8 Å². The number of anilines is 2. The Labute approximate surface area is 230 Å². The third-order valence-corrected chi connectivity index (χ3v) is 8.00. The fourth-order valence-corrected chi connectivity index (χ4v) is 6.05. The van der Waals surface area contributed by atoms with Gasteiger partial charge in [0.05, 0.1) is 44.3 Å². The Morgan fingerprint density at radius 2 is 1.95 bits per heavy atom. The molecule has 0 bridgehead atoms. The monoisotopic (exact) mass is 549 g/mol. The summed E-state index contributed by atoms with van der Waals surface area (Å²) in [5.74, 6) is 0.203. The number of thiazole rings is 1. The highest BCUT2D eigenvalue weighted by Crippen LogP contribution is 2.42. The average molecular weight is 550 g/mol. The maximum atomic E-state index is 12.8. The van der Waals surface area contributed by atoms with Crippen molar-refractivity contribution < 1.29 is 23.8 Å². The van der Waals surface area contributed by atoms with E-state index in [9.17, 15) is 9.59 Å². The van der Waals surface area contributed by atoms with E-state index < -0.39 is 5.60 Å². The number of fused-ring (bicyclic) bond motifs is 2. The second-order valence-corrected chi connectivity index (χ2v) is 11.1. The summed E-state index contributed by atoms with van der Waals surface area (Å²) in [6.45, 7) is 7.19. The molecular formula is C28H31N5O5S. The predicted molar refractivity (Wildman–Crippen MR) is 147 cm³/mol. The standard InChI is InChI=1S/C28H31N5O5S/c1-17-12-33(13-18(2)38-17)24-5-3-4-22(30-24)23-15-39-27(31-23)32-25(34)11-29-26(35)19-6-7-20-14-36-16-28(8-9-37-28)21(20)10-19/h3-7,10,15,17-18H,8-9,11-14,16H2,1-2H3,(H,29,35)(H,31,32,34)/t17-,18+,28?. The van der Waals surface area contributed by atoms with E-state index in [1.165, 1.54) is 11.3 Å². The maximum absolute atomic E-state index is 12.8. The summed E-state index contributed by atoms with van der Waals surface area (Å²) in [6.07, 6.45) is 1.14. The number of morpholine rings is 1. The first-order valence-electron chi connectivity index (χ1n) is 13.1. The molecule has 3 atom stereocenters. The van der Waals surface area contributed by atoms with Gasteiger partial charge in [0.1, 0.15) is 17.1 Å². The van der Waals surface area contributed by atoms with Crippen molar-refractivity contribution in [1.29, 1.82) is 0 Å². The van der Waals surface area contributed by atoms with Gasteiger partial charge in [-0.15, -0.1) is 11.3 Å². The van der Waals surface area contributed by atoms with E-state index in [2.05, 4.69) is 34.4 Å². The molecule has 6 rings (SSSR count). The first kappa shape index (κ1) is 25.9. The third-order valence-electron chi connectivity index (χ3n) is 7.24. The molecule has 1 aromatic carbocycles. The van der Waals surface area contributed by atoms with Crippen LogP contribution in [0.25, 0.3) is 11.4 Å². The molecule has 10 nitrogen and oxygen atoms in total. The van der Waals surface area contributed by atoms with Crippen molar-refractivity contribution in [3.63, 3.8) is 0 Å². The fourth-order valence-electron chi connectivity index (χ4n) is 5.33. The topological polar surface area (TPSA) is 115 Å². The van der Waals surface area contributed by atoms with Crippen molar-refractivity contribution in [2.24, 2.45) is 0 Å². The van der Waals surface area contributed by atoms with E-state index >= 15 is 0 Å². The van der Waals surface area contributed by atoms with Gasteiger partial charge in [-0.2, -0.15) is 0 Å². The zero-order valence-corrected chi connectivity index (χ0v) is 22.8. The first-order chi connectivity index (χ1) is 18.9. The van der Waals surface area contributed by atoms with Gasteiger partial charge in [-0.1, -0.05) is 12.1 Å². The van der Waals surface area contributed by atoms with Crippen LogP contribution in [0.15, 0.2) is 41.8 Å². The lowest BCUT2D eigenvalue weighted by atomic mass is 9.82. The van der Waals surface area contributed by atoms with Crippen LogP contribution in [-0.2, 0) is 31.2 Å². The molecule has 3 aromatic rings. The molecule has 2 aromatic heterocycles. The number of amides is 2. The molecule has 5 heterocycles. The first-order valence-corrected chi connectivity index (χ1v) is 14.0. The van der Waals surface area contributed by atoms with Crippen molar-refractivity contribution in [3.8, 4) is 11.4 Å². The zero-order chi connectivity index (χ0) is 27.0. The molecule has 2 amide bonds. The Morgan fingerprint density at radius 1 is 1.13 bits per heavy atom. The highest BCUT2D eigenvalue weighted by atomic mass is 32.1. The van der Waals surface area contributed by atoms with Crippen LogP contribution in [0.5, 0.6) is 0 Å². The van der Waals surface area contributed by atoms with E-state index in [-0.39, 0.29) is 30.6 Å². The lowest BCUT2D eigenvalue weighted by Gasteiger charge is -2.45. The van der Waals surface area contributed by atoms with Gasteiger partial charge in [-0.05, 0) is 49.2 Å². The Morgan fingerprint density at radius 3 is 2.72 bits per heavy atom. The molecule has 2 N–H and O–H groups in total. The summed E-state index contributed by atoms with van der Waals surface area (Å²) in [5.41, 5.74) is 3.49. The highest BCUT2D eigenvalue weighted by Gasteiger charge is 2.44. The Kier molecular flexibility index (Phi) is 7.06. The van der Waals surface area contributed by atoms with Gasteiger partial charge in [0.15, 0.2) is 5.13 Å². The van der Waals surface area contributed by atoms with Crippen molar-refractivity contribution in [1.82, 2.24) is 15.3 Å². The smallest absolute Gasteiger partial charge is 0.251 e. The summed E-state index contributed by atoms with van der Waals surface area (Å²) >= 11 is 1.31. The number of nitrogens with zero attached hydrogens (tertiary/aromatic N) is 3. The Balaban J connectivity index is 1.06. The van der Waals surface area contributed by atoms with Crippen LogP contribution >= 0.6 is 11.3 Å². The van der Waals surface area contributed by atoms with Gasteiger partial charge in [-0.3, -0.25) is 9.59 Å². The molecule has 0 aliphatic carbocycles. The SMILES string of the molecule is C[C@@H]1CN(c2cccc(-c3csc(NC(=O)CNC(=O)c4ccc5c(c4)C4(CCO4)COC5)n3)n2)C[C@H](C)O1. The van der Waals surface area contributed by atoms with Crippen LogP contribution in [0, 0.1) is 0 Å². The van der Waals surface area contributed by atoms with Crippen LogP contribution in [0.4, 0.5) is 10.9 Å². The molecule has 1 spiro atoms. The number of hydrogen-bond acceptors (Lipinski definition) is 9. The number of carbonyl (C=O) groups excluding carboxylic acids is 2. The lowest BCUT2D eigenvalue weighted by molar-refractivity contribution is -0.199. The van der Waals surface area contributed by atoms with E-state index in [0.717, 1.165) is 42.1 Å². The number of aromatic nitrogens is 2. The Bertz CT molecular complexity index is 1380. The number of rotatable bonds is 6. The molecule has 11 heteroatoms. The molecule has 2 fully saturated rings. The number of nitrogens with one attached hydrogen (secondary N) is 2. The Hall–Kier alpha value is -3.38. The lowest BCUT2D eigenvalue weighted by Crippen LogP contribution is -2.47. The van der Waals surface area contributed by atoms with E-state index in [0.29, 0.717) is 36.2 Å². The number of carbonyl (C=O) groups is 2. The number of benzene rings is 1. The summed E-state index contributed by atoms with van der Waals surface area (Å²) in [4.78, 5) is 36.9. The average Bonchev–Trinajstić information content (AvgIpc) is 3.38. The van der Waals surface area contributed by atoms with Gasteiger partial charge < -0.3 is 29.7 Å². The fraction of sp³-hybridized carbons (Fsp3) is 0.429. The summed E-state index contributed by atoms with van der Waals surface area (Å²) in [6, 6.07) is 11.4. The van der Waals surface area contributed by atoms with Crippen LogP contribution in [0.2, 0.25) is 0 Å². The van der Waals surface area contributed by atoms with Crippen molar-refractivity contribution in [3.05, 3.63) is 58.5 Å². The number of hydrogen-bond donors (Lipinski definition) is 2. The molecule has 1 unspecified atom stereocenters. The minimum absolute atomic E-state index is 0.135. The number of ether oxygens (including phenoxy) is 3. The molecule has 39 heavy (non-hydrogen) atoms. The molecular weight excluding hydrogens is 518 g/mol. The van der Waals surface area contributed by atoms with Crippen LogP contribution < -0.4 is 15.5 Å². The van der Waals surface area contributed by atoms with E-state index in [4.69, 9.17) is 19.2 Å². The van der Waals surface area contributed by atoms with Crippen molar-refractivity contribution in [2.75, 3.05) is 43.1 Å². The van der Waals surface area contributed by atoms with Crippen LogP contribution in [0.3, 0.4) is 0 Å². The normalized spacial score (nSPS) is 24.1. The maximum Gasteiger partial charge on any atom is 0.251 e. The van der Waals surface area contributed by atoms with Gasteiger partial charge in [0, 0.05) is 30.5 Å². The molecule has 0 radical (unpaired) electrons. The molecule has 0 saturated carbocycles. The van der Waals surface area contributed by atoms with Gasteiger partial charge in [-0.25, -0.2) is 9.97 Å². The quantitative estimate of drug-likeness (QED) is 0.481. The second kappa shape index (κ2) is 10.6. The van der Waals surface area contributed by atoms with Crippen molar-refractivity contribution >= 4 is 34.1 Å². The second-order valence-electron chi connectivity index (χ2n) is 10.3. The third kappa shape index (κ3) is 5.40. The summed E-state index contributed by atoms with van der Waals surface area (Å²) < 4.78 is 17.3. The van der Waals surface area contributed by atoms with Crippen molar-refractivity contribution in [2.45, 2.75) is 44.7 Å². The minimum Gasteiger partial charge on any atom is -0.373 e. The summed E-state index contributed by atoms with van der Waals surface area (Å²) in [7, 11) is 0. The van der Waals surface area contributed by atoms with Gasteiger partial charge >= 0.3 is 0 Å². The predicted octanol–water partition coefficient (Wildman–Crippen LogP) is 3.33. The van der Waals surface area contributed by atoms with Crippen LogP contribution in [0.1, 0.15) is 41.8 Å². The zero-order valence-electron chi connectivity index (χ0n) is 21.9. The van der Waals surface area contributed by atoms with Gasteiger partial charge in [0.2, 0.25) is 5.91 Å².